The third-order valence-corrected chi connectivity index (χ3v) is 1.63. The Balaban J connectivity index is 3.09. The predicted octanol–water partition coefficient (Wildman–Crippen LogP) is 2.10. The van der Waals surface area contributed by atoms with Crippen LogP contribution in [0.15, 0.2) is 18.0 Å². The molecule has 1 rings (SSSR count). The van der Waals surface area contributed by atoms with Gasteiger partial charge in [-0.15, -0.1) is 11.3 Å². The molecular weight excluding hydrogens is 120 g/mol. The highest BCUT2D eigenvalue weighted by molar-refractivity contribution is 7.12. The summed E-state index contributed by atoms with van der Waals surface area (Å²) in [7, 11) is 0. The molecule has 0 fully saturated rings. The lowest BCUT2D eigenvalue weighted by Gasteiger charge is -1.82. The molecule has 42 valence electrons. The second-order valence-electron chi connectivity index (χ2n) is 1.39. The van der Waals surface area contributed by atoms with Crippen LogP contribution in [0.2, 0.25) is 0 Å². The van der Waals surface area contributed by atoms with E-state index in [1.807, 2.05) is 11.4 Å². The van der Waals surface area contributed by atoms with Gasteiger partial charge < -0.3 is 5.11 Å². The van der Waals surface area contributed by atoms with E-state index in [0.29, 0.717) is 5.06 Å². The molecule has 0 saturated heterocycles. The molecule has 0 aromatic carbocycles. The van der Waals surface area contributed by atoms with Crippen molar-refractivity contribution in [2.45, 2.75) is 0 Å². The van der Waals surface area contributed by atoms with Gasteiger partial charge in [-0.3, -0.25) is 0 Å². The van der Waals surface area contributed by atoms with Gasteiger partial charge in [0.05, 0.1) is 0 Å². The van der Waals surface area contributed by atoms with Crippen LogP contribution in [0.3, 0.4) is 0 Å². The summed E-state index contributed by atoms with van der Waals surface area (Å²) in [5, 5.41) is 11.1. The Morgan fingerprint density at radius 1 is 1.75 bits per heavy atom. The molecule has 8 heavy (non-hydrogen) atoms. The summed E-state index contributed by atoms with van der Waals surface area (Å²) in [5.41, 5.74) is 0.815. The van der Waals surface area contributed by atoms with Crippen LogP contribution in [0, 0.1) is 0 Å². The van der Waals surface area contributed by atoms with E-state index in [-0.39, 0.29) is 0 Å². The third kappa shape index (κ3) is 0.746. The molecule has 1 aromatic rings. The molecule has 1 nitrogen and oxygen atoms in total. The Morgan fingerprint density at radius 3 is 2.75 bits per heavy atom. The van der Waals surface area contributed by atoms with Gasteiger partial charge in [-0.1, -0.05) is 12.7 Å². The van der Waals surface area contributed by atoms with E-state index in [0.717, 1.165) is 5.56 Å². The van der Waals surface area contributed by atoms with E-state index in [1.54, 1.807) is 6.08 Å². The van der Waals surface area contributed by atoms with Crippen molar-refractivity contribution in [3.8, 4) is 5.06 Å². The third-order valence-electron chi connectivity index (χ3n) is 0.894. The Labute approximate surface area is 51.9 Å². The standard InChI is InChI=1S/C6H6OS/c1-2-5-3-4-8-6(5)7/h2-4,7H,1H2. The summed E-state index contributed by atoms with van der Waals surface area (Å²) in [5.74, 6) is 0. The highest BCUT2D eigenvalue weighted by atomic mass is 32.1. The summed E-state index contributed by atoms with van der Waals surface area (Å²) in [6, 6.07) is 1.83. The van der Waals surface area contributed by atoms with Crippen LogP contribution in [0.1, 0.15) is 5.56 Å². The highest BCUT2D eigenvalue weighted by Crippen LogP contribution is 2.24. The molecule has 1 aromatic heterocycles. The van der Waals surface area contributed by atoms with Gasteiger partial charge in [0, 0.05) is 5.56 Å². The fourth-order valence-corrected chi connectivity index (χ4v) is 1.10. The maximum atomic E-state index is 8.90. The average Bonchev–Trinajstić information content (AvgIpc) is 2.14. The van der Waals surface area contributed by atoms with E-state index in [4.69, 9.17) is 5.11 Å². The van der Waals surface area contributed by atoms with Gasteiger partial charge in [0.15, 0.2) is 5.06 Å². The molecule has 0 aliphatic heterocycles. The van der Waals surface area contributed by atoms with Crippen molar-refractivity contribution in [2.24, 2.45) is 0 Å². The minimum Gasteiger partial charge on any atom is -0.499 e. The van der Waals surface area contributed by atoms with Gasteiger partial charge in [-0.25, -0.2) is 0 Å². The average molecular weight is 126 g/mol. The lowest BCUT2D eigenvalue weighted by atomic mass is 10.3. The molecule has 1 N–H and O–H groups in total. The summed E-state index contributed by atoms with van der Waals surface area (Å²) in [4.78, 5) is 0. The van der Waals surface area contributed by atoms with Crippen LogP contribution in [0.5, 0.6) is 5.06 Å². The number of thiophene rings is 1. The van der Waals surface area contributed by atoms with Crippen molar-refractivity contribution >= 4 is 17.4 Å². The van der Waals surface area contributed by atoms with Crippen LogP contribution in [-0.2, 0) is 0 Å². The molecule has 0 atom stereocenters. The molecule has 0 amide bonds. The molecule has 0 unspecified atom stereocenters. The van der Waals surface area contributed by atoms with Crippen molar-refractivity contribution < 1.29 is 5.11 Å². The zero-order valence-corrected chi connectivity index (χ0v) is 5.11. The minimum atomic E-state index is 0.347. The topological polar surface area (TPSA) is 20.2 Å². The van der Waals surface area contributed by atoms with Crippen molar-refractivity contribution in [3.05, 3.63) is 23.6 Å². The van der Waals surface area contributed by atoms with Gasteiger partial charge >= 0.3 is 0 Å². The second-order valence-corrected chi connectivity index (χ2v) is 2.28. The molecule has 0 radical (unpaired) electrons. The van der Waals surface area contributed by atoms with Crippen molar-refractivity contribution in [1.82, 2.24) is 0 Å². The summed E-state index contributed by atoms with van der Waals surface area (Å²) >= 11 is 1.31. The number of hydrogen-bond acceptors (Lipinski definition) is 2. The Hall–Kier alpha value is -0.760. The van der Waals surface area contributed by atoms with E-state index in [2.05, 4.69) is 6.58 Å². The fraction of sp³-hybridized carbons (Fsp3) is 0. The van der Waals surface area contributed by atoms with E-state index < -0.39 is 0 Å². The van der Waals surface area contributed by atoms with Crippen molar-refractivity contribution in [3.63, 3.8) is 0 Å². The molecule has 2 heteroatoms. The highest BCUT2D eigenvalue weighted by Gasteiger charge is 1.93. The fourth-order valence-electron chi connectivity index (χ4n) is 0.466. The molecule has 0 aliphatic carbocycles. The monoisotopic (exact) mass is 126 g/mol. The minimum absolute atomic E-state index is 0.347. The van der Waals surface area contributed by atoms with Crippen LogP contribution in [-0.4, -0.2) is 5.11 Å². The van der Waals surface area contributed by atoms with Gasteiger partial charge in [0.25, 0.3) is 0 Å². The SMILES string of the molecule is C=Cc1ccsc1O. The normalized spacial score (nSPS) is 9.00. The van der Waals surface area contributed by atoms with Crippen LogP contribution >= 0.6 is 11.3 Å². The van der Waals surface area contributed by atoms with Crippen LogP contribution < -0.4 is 0 Å². The lowest BCUT2D eigenvalue weighted by Crippen LogP contribution is -1.57. The maximum Gasteiger partial charge on any atom is 0.178 e. The zero-order chi connectivity index (χ0) is 5.98. The molecule has 1 heterocycles. The molecule has 0 aliphatic rings. The van der Waals surface area contributed by atoms with Crippen LogP contribution in [0.4, 0.5) is 0 Å². The number of hydrogen-bond donors (Lipinski definition) is 1. The number of rotatable bonds is 1. The van der Waals surface area contributed by atoms with Crippen molar-refractivity contribution in [2.75, 3.05) is 0 Å². The second kappa shape index (κ2) is 2.01. The first kappa shape index (κ1) is 5.38. The maximum absolute atomic E-state index is 8.90. The van der Waals surface area contributed by atoms with E-state index in [9.17, 15) is 0 Å². The Bertz CT molecular complexity index is 190. The molecule has 0 bridgehead atoms. The summed E-state index contributed by atoms with van der Waals surface area (Å²) in [6.45, 7) is 3.51. The first-order valence-electron chi connectivity index (χ1n) is 2.23. The number of aromatic hydroxyl groups is 1. The summed E-state index contributed by atoms with van der Waals surface area (Å²) in [6.07, 6.45) is 1.63. The van der Waals surface area contributed by atoms with Gasteiger partial charge in [-0.05, 0) is 11.4 Å². The quantitative estimate of drug-likeness (QED) is 0.611. The van der Waals surface area contributed by atoms with Gasteiger partial charge in [0.1, 0.15) is 0 Å². The Kier molecular flexibility index (Phi) is 1.35. The van der Waals surface area contributed by atoms with E-state index in [1.165, 1.54) is 11.3 Å². The first-order chi connectivity index (χ1) is 3.84. The van der Waals surface area contributed by atoms with E-state index >= 15 is 0 Å². The van der Waals surface area contributed by atoms with Crippen LogP contribution in [0.25, 0.3) is 6.08 Å². The molecular formula is C6H6OS. The first-order valence-corrected chi connectivity index (χ1v) is 3.11. The Morgan fingerprint density at radius 2 is 2.50 bits per heavy atom. The smallest absolute Gasteiger partial charge is 0.178 e. The summed E-state index contributed by atoms with van der Waals surface area (Å²) < 4.78 is 0. The lowest BCUT2D eigenvalue weighted by molar-refractivity contribution is 0.490. The molecule has 0 spiro atoms. The zero-order valence-electron chi connectivity index (χ0n) is 4.29. The van der Waals surface area contributed by atoms with Crippen molar-refractivity contribution in [1.29, 1.82) is 0 Å². The molecule has 0 saturated carbocycles. The largest absolute Gasteiger partial charge is 0.499 e. The predicted molar refractivity (Wildman–Crippen MR) is 36.1 cm³/mol. The van der Waals surface area contributed by atoms with Gasteiger partial charge in [-0.2, -0.15) is 0 Å². The van der Waals surface area contributed by atoms with Gasteiger partial charge in [0.2, 0.25) is 0 Å².